The minimum atomic E-state index is -3.62. The van der Waals surface area contributed by atoms with Crippen molar-refractivity contribution in [2.45, 2.75) is 18.7 Å². The van der Waals surface area contributed by atoms with Gasteiger partial charge in [0.25, 0.3) is 0 Å². The zero-order valence-corrected chi connectivity index (χ0v) is 15.5. The topological polar surface area (TPSA) is 54.5 Å². The van der Waals surface area contributed by atoms with E-state index in [2.05, 4.69) is 0 Å². The van der Waals surface area contributed by atoms with Crippen LogP contribution >= 0.6 is 0 Å². The van der Waals surface area contributed by atoms with E-state index in [1.807, 2.05) is 43.3 Å². The fourth-order valence-electron chi connectivity index (χ4n) is 3.28. The summed E-state index contributed by atoms with van der Waals surface area (Å²) in [4.78, 5) is 13.8. The summed E-state index contributed by atoms with van der Waals surface area (Å²) in [6.07, 6.45) is 1.85. The summed E-state index contributed by atoms with van der Waals surface area (Å²) in [7, 11) is -3.62. The van der Waals surface area contributed by atoms with Gasteiger partial charge >= 0.3 is 0 Å². The third-order valence-corrected chi connectivity index (χ3v) is 6.47. The summed E-state index contributed by atoms with van der Waals surface area (Å²) in [6, 6.07) is 14.2. The van der Waals surface area contributed by atoms with Crippen molar-refractivity contribution >= 4 is 21.4 Å². The molecule has 0 aromatic heterocycles. The van der Waals surface area contributed by atoms with Crippen LogP contribution in [0.5, 0.6) is 0 Å². The molecule has 0 bridgehead atoms. The molecule has 0 N–H and O–H groups in total. The largest absolute Gasteiger partial charge is 0.311 e. The number of carbonyl (C=O) groups excluding carboxylic acids is 1. The van der Waals surface area contributed by atoms with E-state index >= 15 is 0 Å². The second kappa shape index (κ2) is 6.68. The van der Waals surface area contributed by atoms with Crippen LogP contribution in [0.3, 0.4) is 0 Å². The molecule has 0 spiro atoms. The highest BCUT2D eigenvalue weighted by atomic mass is 32.2. The molecule has 26 heavy (non-hydrogen) atoms. The molecule has 1 unspecified atom stereocenters. The molecule has 0 fully saturated rings. The van der Waals surface area contributed by atoms with Crippen LogP contribution in [-0.2, 0) is 14.6 Å². The first-order valence-electron chi connectivity index (χ1n) is 8.25. The van der Waals surface area contributed by atoms with Gasteiger partial charge in [-0.2, -0.15) is 0 Å². The van der Waals surface area contributed by atoms with Crippen molar-refractivity contribution in [2.75, 3.05) is 12.3 Å². The van der Waals surface area contributed by atoms with Crippen LogP contribution in [0.4, 0.5) is 4.39 Å². The Kier molecular flexibility index (Phi) is 4.71. The Morgan fingerprint density at radius 2 is 1.73 bits per heavy atom. The maximum absolute atomic E-state index is 13.1. The maximum atomic E-state index is 13.1. The molecule has 1 heterocycles. The highest BCUT2D eigenvalue weighted by Crippen LogP contribution is 2.38. The minimum absolute atomic E-state index is 0.0797. The van der Waals surface area contributed by atoms with Crippen molar-refractivity contribution in [1.29, 1.82) is 0 Å². The fraction of sp³-hybridized carbons (Fsp3) is 0.250. The number of hydrogen-bond acceptors (Lipinski definition) is 3. The molecule has 0 saturated carbocycles. The van der Waals surface area contributed by atoms with Crippen LogP contribution in [0.1, 0.15) is 19.4 Å². The Hall–Kier alpha value is -2.47. The Labute approximate surface area is 152 Å². The molecule has 136 valence electrons. The predicted molar refractivity (Wildman–Crippen MR) is 98.4 cm³/mol. The zero-order chi connectivity index (χ0) is 18.9. The Morgan fingerprint density at radius 1 is 1.12 bits per heavy atom. The van der Waals surface area contributed by atoms with Gasteiger partial charge in [0.05, 0.1) is 10.6 Å². The Balaban J connectivity index is 1.95. The number of rotatable bonds is 4. The first-order chi connectivity index (χ1) is 12.2. The van der Waals surface area contributed by atoms with Gasteiger partial charge in [0, 0.05) is 24.6 Å². The standard InChI is InChI=1S/C20H20FNO3S/c1-15(23)22-13-20(2,12-19(22)16-6-4-3-5-7-16)14-26(24,25)18-10-8-17(21)9-11-18/h3-12H,13-14H2,1-2H3. The normalized spacial score (nSPS) is 20.1. The number of nitrogens with zero attached hydrogens (tertiary/aromatic N) is 1. The number of halogens is 1. The number of hydrogen-bond donors (Lipinski definition) is 0. The van der Waals surface area contributed by atoms with E-state index in [4.69, 9.17) is 0 Å². The lowest BCUT2D eigenvalue weighted by Gasteiger charge is -2.25. The molecule has 1 atom stereocenters. The Morgan fingerprint density at radius 3 is 2.31 bits per heavy atom. The monoisotopic (exact) mass is 373 g/mol. The van der Waals surface area contributed by atoms with Gasteiger partial charge in [0.2, 0.25) is 5.91 Å². The highest BCUT2D eigenvalue weighted by Gasteiger charge is 2.39. The van der Waals surface area contributed by atoms with Crippen LogP contribution in [0.25, 0.3) is 5.70 Å². The number of sulfone groups is 1. The SMILES string of the molecule is CC(=O)N1CC(C)(CS(=O)(=O)c2ccc(F)cc2)C=C1c1ccccc1. The van der Waals surface area contributed by atoms with Crippen LogP contribution in [0.2, 0.25) is 0 Å². The number of amides is 1. The smallest absolute Gasteiger partial charge is 0.223 e. The lowest BCUT2D eigenvalue weighted by atomic mass is 9.94. The molecule has 1 aliphatic rings. The average Bonchev–Trinajstić information content (AvgIpc) is 2.93. The van der Waals surface area contributed by atoms with Crippen LogP contribution < -0.4 is 0 Å². The van der Waals surface area contributed by atoms with E-state index in [1.165, 1.54) is 19.1 Å². The summed E-state index contributed by atoms with van der Waals surface area (Å²) in [6.45, 7) is 3.57. The van der Waals surface area contributed by atoms with Crippen molar-refractivity contribution in [2.24, 2.45) is 5.41 Å². The minimum Gasteiger partial charge on any atom is -0.311 e. The predicted octanol–water partition coefficient (Wildman–Crippen LogP) is 3.51. The van der Waals surface area contributed by atoms with Gasteiger partial charge in [-0.1, -0.05) is 43.3 Å². The van der Waals surface area contributed by atoms with Gasteiger partial charge in [-0.15, -0.1) is 0 Å². The maximum Gasteiger partial charge on any atom is 0.223 e. The Bertz CT molecular complexity index is 952. The molecule has 0 saturated heterocycles. The molecule has 1 amide bonds. The zero-order valence-electron chi connectivity index (χ0n) is 14.6. The highest BCUT2D eigenvalue weighted by molar-refractivity contribution is 7.91. The summed E-state index contributed by atoms with van der Waals surface area (Å²) in [5.74, 6) is -0.779. The summed E-state index contributed by atoms with van der Waals surface area (Å²) in [5.41, 5.74) is 0.852. The lowest BCUT2D eigenvalue weighted by molar-refractivity contribution is -0.125. The van der Waals surface area contributed by atoms with Gasteiger partial charge in [-0.25, -0.2) is 12.8 Å². The third-order valence-electron chi connectivity index (χ3n) is 4.44. The quantitative estimate of drug-likeness (QED) is 0.771. The molecule has 3 rings (SSSR count). The van der Waals surface area contributed by atoms with Gasteiger partial charge in [-0.3, -0.25) is 4.79 Å². The third kappa shape index (κ3) is 3.70. The van der Waals surface area contributed by atoms with E-state index in [0.29, 0.717) is 0 Å². The van der Waals surface area contributed by atoms with Gasteiger partial charge < -0.3 is 4.90 Å². The van der Waals surface area contributed by atoms with Crippen molar-refractivity contribution in [3.63, 3.8) is 0 Å². The number of carbonyl (C=O) groups is 1. The summed E-state index contributed by atoms with van der Waals surface area (Å²) < 4.78 is 38.6. The summed E-state index contributed by atoms with van der Waals surface area (Å²) >= 11 is 0. The fourth-order valence-corrected chi connectivity index (χ4v) is 5.04. The molecule has 1 aliphatic heterocycles. The second-order valence-corrected chi connectivity index (χ2v) is 8.86. The second-order valence-electron chi connectivity index (χ2n) is 6.87. The van der Waals surface area contributed by atoms with E-state index in [-0.39, 0.29) is 23.1 Å². The molecule has 0 aliphatic carbocycles. The first-order valence-corrected chi connectivity index (χ1v) is 9.90. The van der Waals surface area contributed by atoms with Gasteiger partial charge in [-0.05, 0) is 29.8 Å². The molecule has 0 radical (unpaired) electrons. The lowest BCUT2D eigenvalue weighted by Crippen LogP contribution is -2.34. The van der Waals surface area contributed by atoms with Crippen LogP contribution in [-0.4, -0.2) is 31.5 Å². The summed E-state index contributed by atoms with van der Waals surface area (Å²) in [5, 5.41) is 0. The number of benzene rings is 2. The van der Waals surface area contributed by atoms with E-state index < -0.39 is 21.1 Å². The molecule has 4 nitrogen and oxygen atoms in total. The van der Waals surface area contributed by atoms with E-state index in [1.54, 1.807) is 4.90 Å². The van der Waals surface area contributed by atoms with Gasteiger partial charge in [0.1, 0.15) is 5.82 Å². The van der Waals surface area contributed by atoms with Gasteiger partial charge in [0.15, 0.2) is 9.84 Å². The molecule has 2 aromatic rings. The van der Waals surface area contributed by atoms with E-state index in [0.717, 1.165) is 23.4 Å². The molecule has 2 aromatic carbocycles. The van der Waals surface area contributed by atoms with Crippen molar-refractivity contribution < 1.29 is 17.6 Å². The average molecular weight is 373 g/mol. The molecule has 6 heteroatoms. The van der Waals surface area contributed by atoms with Crippen molar-refractivity contribution in [1.82, 2.24) is 4.90 Å². The van der Waals surface area contributed by atoms with Crippen LogP contribution in [0.15, 0.2) is 65.6 Å². The van der Waals surface area contributed by atoms with Crippen molar-refractivity contribution in [3.8, 4) is 0 Å². The molecular formula is C20H20FNO3S. The first kappa shape index (κ1) is 18.3. The van der Waals surface area contributed by atoms with E-state index in [9.17, 15) is 17.6 Å². The van der Waals surface area contributed by atoms with Crippen molar-refractivity contribution in [3.05, 3.63) is 72.1 Å². The van der Waals surface area contributed by atoms with Crippen LogP contribution in [0, 0.1) is 11.2 Å². The molecular weight excluding hydrogens is 353 g/mol.